The van der Waals surface area contributed by atoms with Crippen LogP contribution in [-0.4, -0.2) is 160 Å². The molecule has 0 unspecified atom stereocenters. The largest absolute Gasteiger partial charge is 0.508 e. The molecule has 0 aromatic heterocycles. The minimum atomic E-state index is -1.50. The van der Waals surface area contributed by atoms with E-state index in [9.17, 15) is 63.6 Å². The van der Waals surface area contributed by atoms with E-state index >= 15 is 0 Å². The summed E-state index contributed by atoms with van der Waals surface area (Å²) < 4.78 is 0. The van der Waals surface area contributed by atoms with Gasteiger partial charge in [0, 0.05) is 19.4 Å². The van der Waals surface area contributed by atoms with E-state index in [0.717, 1.165) is 0 Å². The molecule has 27 nitrogen and oxygen atoms in total. The van der Waals surface area contributed by atoms with E-state index in [0.29, 0.717) is 49.8 Å². The van der Waals surface area contributed by atoms with Gasteiger partial charge in [-0.1, -0.05) is 65.8 Å². The molecule has 0 heterocycles. The van der Waals surface area contributed by atoms with Crippen molar-refractivity contribution in [3.05, 3.63) is 59.7 Å². The fraction of sp³-hybridized carbons (Fsp3) is 0.600. The van der Waals surface area contributed by atoms with Gasteiger partial charge in [-0.2, -0.15) is 0 Å². The lowest BCUT2D eigenvalue weighted by Gasteiger charge is -2.30. The number of hydrogen-bond acceptors (Lipinski definition) is 16. The highest BCUT2D eigenvalue weighted by Gasteiger charge is 2.36. The number of rotatable bonds is 38. The highest BCUT2D eigenvalue weighted by molar-refractivity contribution is 5.98. The first-order valence-electron chi connectivity index (χ1n) is 27.7. The van der Waals surface area contributed by atoms with Crippen molar-refractivity contribution in [3.8, 4) is 11.5 Å². The first kappa shape index (κ1) is 70.5. The summed E-state index contributed by atoms with van der Waals surface area (Å²) >= 11 is 0. The summed E-state index contributed by atoms with van der Waals surface area (Å²) in [6.07, 6.45) is 1.74. The van der Waals surface area contributed by atoms with Crippen LogP contribution >= 0.6 is 0 Å². The Morgan fingerprint density at radius 2 is 0.829 bits per heavy atom. The molecule has 2 aromatic rings. The second-order valence-corrected chi connectivity index (χ2v) is 21.3. The Balaban J connectivity index is 2.57. The topological polar surface area (TPSA) is 473 Å². The number of hydrogen-bond donors (Lipinski definition) is 17. The third-order valence-electron chi connectivity index (χ3n) is 13.1. The van der Waals surface area contributed by atoms with Crippen molar-refractivity contribution < 1.29 is 63.6 Å². The molecule has 2 rings (SSSR count). The quantitative estimate of drug-likeness (QED) is 0.0193. The van der Waals surface area contributed by atoms with Crippen LogP contribution in [0.15, 0.2) is 53.5 Å². The third-order valence-corrected chi connectivity index (χ3v) is 13.1. The molecule has 9 atom stereocenters. The molecule has 0 saturated carbocycles. The Morgan fingerprint density at radius 3 is 1.23 bits per heavy atom. The summed E-state index contributed by atoms with van der Waals surface area (Å²) in [5.74, 6) is -9.67. The van der Waals surface area contributed by atoms with Crippen molar-refractivity contribution in [2.75, 3.05) is 26.2 Å². The van der Waals surface area contributed by atoms with Gasteiger partial charge in [-0.15, -0.1) is 0 Å². The predicted molar refractivity (Wildman–Crippen MR) is 307 cm³/mol. The number of nitrogens with two attached hydrogens (primary N) is 5. The summed E-state index contributed by atoms with van der Waals surface area (Å²) in [7, 11) is 0. The van der Waals surface area contributed by atoms with E-state index in [4.69, 9.17) is 28.7 Å². The van der Waals surface area contributed by atoms with Crippen molar-refractivity contribution in [1.29, 1.82) is 0 Å². The standard InChI is InChI=1S/C55H90N14O13/c1-30(2)26-37(58)46(73)67-43(29-70)51(78)69-44(31(3)4)52(79)63-39(14-11-25-61-55(59)60)48(75)68-45(32(5)6)53(80)66-42(28-34-17-21-36(72)22-18-34)50(77)65-41(27-33-15-19-35(71)20-16-33)49(76)62-38(12-7-9-23-56)47(74)64-40(54(81)82)13-8-10-24-57/h15-22,30-32,37-45,70-72H,7-14,23-29,56-58H2,1-6H3,(H,62,76)(H,63,79)(H,64,74)(H,65,77)(H,66,80)(H,67,73)(H,68,75)(H,69,78)(H,81,82)(H4,59,60,61)/t37-,38-,39-,40-,41-,42-,43-,44-,45-/m0/s1. The number of guanidine groups is 1. The molecule has 22 N–H and O–H groups in total. The van der Waals surface area contributed by atoms with E-state index in [1.54, 1.807) is 27.7 Å². The van der Waals surface area contributed by atoms with Gasteiger partial charge in [-0.3, -0.25) is 43.3 Å². The normalized spacial score (nSPS) is 14.5. The number of nitrogens with one attached hydrogen (secondary N) is 8. The number of carboxylic acids is 1. The number of amides is 8. The lowest BCUT2D eigenvalue weighted by Crippen LogP contribution is -2.62. The monoisotopic (exact) mass is 1150 g/mol. The van der Waals surface area contributed by atoms with E-state index in [2.05, 4.69) is 47.5 Å². The molecule has 0 aliphatic heterocycles. The number of phenolic OH excluding ortho intramolecular Hbond substituents is 2. The van der Waals surface area contributed by atoms with E-state index < -0.39 is 126 Å². The van der Waals surface area contributed by atoms with Gasteiger partial charge in [-0.25, -0.2) is 4.79 Å². The number of carbonyl (C=O) groups excluding carboxylic acids is 8. The summed E-state index contributed by atoms with van der Waals surface area (Å²) in [4.78, 5) is 128. The van der Waals surface area contributed by atoms with Gasteiger partial charge < -0.3 is 91.6 Å². The summed E-state index contributed by atoms with van der Waals surface area (Å²) in [5, 5.41) is 61.0. The minimum absolute atomic E-state index is 0.0278. The summed E-state index contributed by atoms with van der Waals surface area (Å²) in [6.45, 7) is 9.93. The maximum Gasteiger partial charge on any atom is 0.326 e. The van der Waals surface area contributed by atoms with Crippen LogP contribution in [0.2, 0.25) is 0 Å². The van der Waals surface area contributed by atoms with Gasteiger partial charge >= 0.3 is 5.97 Å². The highest BCUT2D eigenvalue weighted by Crippen LogP contribution is 2.16. The van der Waals surface area contributed by atoms with Crippen LogP contribution in [0.3, 0.4) is 0 Å². The van der Waals surface area contributed by atoms with Crippen LogP contribution in [-0.2, 0) is 56.0 Å². The highest BCUT2D eigenvalue weighted by atomic mass is 16.4. The number of nitrogens with zero attached hydrogens (tertiary/aromatic N) is 1. The average molecular weight is 1160 g/mol. The van der Waals surface area contributed by atoms with Gasteiger partial charge in [0.25, 0.3) is 0 Å². The van der Waals surface area contributed by atoms with E-state index in [-0.39, 0.29) is 75.0 Å². The molecule has 0 aliphatic carbocycles. The fourth-order valence-electron chi connectivity index (χ4n) is 8.44. The lowest BCUT2D eigenvalue weighted by atomic mass is 9.98. The number of carboxylic acid groups (broad SMARTS) is 1. The number of phenols is 2. The number of aliphatic carboxylic acids is 1. The lowest BCUT2D eigenvalue weighted by molar-refractivity contribution is -0.142. The number of aliphatic hydroxyl groups excluding tert-OH is 1. The maximum atomic E-state index is 14.7. The van der Waals surface area contributed by atoms with Crippen molar-refractivity contribution in [1.82, 2.24) is 42.5 Å². The molecule has 458 valence electrons. The van der Waals surface area contributed by atoms with Crippen molar-refractivity contribution >= 4 is 59.2 Å². The van der Waals surface area contributed by atoms with Crippen LogP contribution in [0.25, 0.3) is 0 Å². The Kier molecular flexibility index (Phi) is 31.5. The molecule has 0 spiro atoms. The molecule has 2 aromatic carbocycles. The van der Waals surface area contributed by atoms with Crippen molar-refractivity contribution in [2.45, 2.75) is 167 Å². The Labute approximate surface area is 479 Å². The summed E-state index contributed by atoms with van der Waals surface area (Å²) in [5.41, 5.74) is 29.3. The van der Waals surface area contributed by atoms with Crippen molar-refractivity contribution in [2.24, 2.45) is 51.4 Å². The zero-order valence-electron chi connectivity index (χ0n) is 48.0. The SMILES string of the molecule is CC(C)C[C@H](N)C(=O)N[C@@H](CO)C(=O)N[C@H](C(=O)N[C@@H](CCCN=C(N)N)C(=O)N[C@H](C(=O)N[C@@H](Cc1ccc(O)cc1)C(=O)N[C@@H](Cc1ccc(O)cc1)C(=O)N[C@@H](CCCCN)C(=O)N[C@@H](CCCCN)C(=O)O)C(C)C)C(C)C. The molecule has 0 saturated heterocycles. The zero-order valence-corrected chi connectivity index (χ0v) is 48.0. The first-order chi connectivity index (χ1) is 38.7. The van der Waals surface area contributed by atoms with E-state index in [1.807, 2.05) is 13.8 Å². The van der Waals surface area contributed by atoms with Crippen LogP contribution in [0, 0.1) is 17.8 Å². The number of aromatic hydroxyl groups is 2. The number of aliphatic imine (C=N–C) groups is 1. The average Bonchev–Trinajstić information content (AvgIpc) is 3.41. The minimum Gasteiger partial charge on any atom is -0.508 e. The predicted octanol–water partition coefficient (Wildman–Crippen LogP) is -2.16. The van der Waals surface area contributed by atoms with Crippen LogP contribution in [0.4, 0.5) is 0 Å². The zero-order chi connectivity index (χ0) is 61.6. The second-order valence-electron chi connectivity index (χ2n) is 21.3. The molecule has 0 fully saturated rings. The third kappa shape index (κ3) is 25.9. The molecular formula is C55H90N14O13. The number of carbonyl (C=O) groups is 9. The Hall–Kier alpha value is -7.62. The Morgan fingerprint density at radius 1 is 0.476 bits per heavy atom. The molecule has 0 bridgehead atoms. The molecule has 0 radical (unpaired) electrons. The van der Waals surface area contributed by atoms with E-state index in [1.165, 1.54) is 48.5 Å². The van der Waals surface area contributed by atoms with Gasteiger partial charge in [0.05, 0.1) is 12.6 Å². The molecule has 8 amide bonds. The van der Waals surface area contributed by atoms with Crippen LogP contribution < -0.4 is 71.2 Å². The molecular weight excluding hydrogens is 1060 g/mol. The number of benzene rings is 2. The molecule has 0 aliphatic rings. The van der Waals surface area contributed by atoms with Gasteiger partial charge in [0.15, 0.2) is 5.96 Å². The van der Waals surface area contributed by atoms with Gasteiger partial charge in [-0.05, 0) is 124 Å². The number of aliphatic hydroxyl groups is 1. The second kappa shape index (κ2) is 36.7. The fourth-order valence-corrected chi connectivity index (χ4v) is 8.44. The van der Waals surface area contributed by atoms with Crippen molar-refractivity contribution in [3.63, 3.8) is 0 Å². The number of unbranched alkanes of at least 4 members (excludes halogenated alkanes) is 2. The first-order valence-corrected chi connectivity index (χ1v) is 27.7. The molecule has 82 heavy (non-hydrogen) atoms. The molecule has 27 heteroatoms. The van der Waals surface area contributed by atoms with Gasteiger partial charge in [0.2, 0.25) is 47.3 Å². The smallest absolute Gasteiger partial charge is 0.326 e. The maximum absolute atomic E-state index is 14.7. The van der Waals surface area contributed by atoms with Crippen LogP contribution in [0.1, 0.15) is 110 Å². The Bertz CT molecular complexity index is 2410. The summed E-state index contributed by atoms with van der Waals surface area (Å²) in [6, 6.07) is -0.649. The van der Waals surface area contributed by atoms with Crippen LogP contribution in [0.5, 0.6) is 11.5 Å². The van der Waals surface area contributed by atoms with Gasteiger partial charge in [0.1, 0.15) is 59.8 Å².